The number of benzene rings is 1. The van der Waals surface area contributed by atoms with Gasteiger partial charge in [-0.2, -0.15) is 0 Å². The standard InChI is InChI=1S/C20H25N5O2/c1-4-16-7-5-6-8-17(16)23-19-13-18(21-14(2)22-19)20(27)25-11-9-24(10-12-25)15(3)26/h5-8,13H,4,9-12H2,1-3H3,(H,21,22,23). The molecule has 2 aromatic rings. The molecule has 0 atom stereocenters. The molecule has 1 aliphatic rings. The zero-order valence-electron chi connectivity index (χ0n) is 16.0. The summed E-state index contributed by atoms with van der Waals surface area (Å²) in [6.45, 7) is 7.58. The van der Waals surface area contributed by atoms with Gasteiger partial charge in [0.15, 0.2) is 0 Å². The number of aromatic nitrogens is 2. The van der Waals surface area contributed by atoms with Crippen LogP contribution < -0.4 is 5.32 Å². The summed E-state index contributed by atoms with van der Waals surface area (Å²) in [5.74, 6) is 1.06. The normalized spacial score (nSPS) is 14.2. The number of carbonyl (C=O) groups excluding carboxylic acids is 2. The number of rotatable bonds is 4. The molecule has 1 aromatic heterocycles. The van der Waals surface area contributed by atoms with E-state index in [1.54, 1.807) is 29.7 Å². The molecule has 1 saturated heterocycles. The smallest absolute Gasteiger partial charge is 0.272 e. The molecule has 1 aromatic carbocycles. The Labute approximate surface area is 159 Å². The van der Waals surface area contributed by atoms with Gasteiger partial charge in [-0.1, -0.05) is 25.1 Å². The van der Waals surface area contributed by atoms with E-state index in [-0.39, 0.29) is 11.8 Å². The van der Waals surface area contributed by atoms with E-state index in [1.807, 2.05) is 18.2 Å². The summed E-state index contributed by atoms with van der Waals surface area (Å²) in [6, 6.07) is 9.73. The maximum Gasteiger partial charge on any atom is 0.272 e. The van der Waals surface area contributed by atoms with Crippen LogP contribution in [0.1, 0.15) is 35.7 Å². The lowest BCUT2D eigenvalue weighted by molar-refractivity contribution is -0.130. The van der Waals surface area contributed by atoms with E-state index in [0.29, 0.717) is 43.5 Å². The summed E-state index contributed by atoms with van der Waals surface area (Å²) in [5.41, 5.74) is 2.53. The minimum absolute atomic E-state index is 0.0426. The zero-order chi connectivity index (χ0) is 19.4. The van der Waals surface area contributed by atoms with Gasteiger partial charge in [0.25, 0.3) is 5.91 Å². The van der Waals surface area contributed by atoms with E-state index in [9.17, 15) is 9.59 Å². The molecular formula is C20H25N5O2. The molecule has 3 rings (SSSR count). The Morgan fingerprint density at radius 3 is 2.41 bits per heavy atom. The van der Waals surface area contributed by atoms with Gasteiger partial charge < -0.3 is 15.1 Å². The van der Waals surface area contributed by atoms with Gasteiger partial charge >= 0.3 is 0 Å². The van der Waals surface area contributed by atoms with E-state index in [0.717, 1.165) is 12.1 Å². The van der Waals surface area contributed by atoms with Gasteiger partial charge in [0.05, 0.1) is 0 Å². The third kappa shape index (κ3) is 4.42. The Hall–Kier alpha value is -2.96. The summed E-state index contributed by atoms with van der Waals surface area (Å²) in [5, 5.41) is 3.31. The first kappa shape index (κ1) is 18.8. The number of anilines is 2. The number of nitrogens with zero attached hydrogens (tertiary/aromatic N) is 4. The molecule has 2 heterocycles. The molecule has 1 aliphatic heterocycles. The third-order valence-corrected chi connectivity index (χ3v) is 4.73. The highest BCUT2D eigenvalue weighted by atomic mass is 16.2. The molecular weight excluding hydrogens is 342 g/mol. The number of amides is 2. The minimum atomic E-state index is -0.129. The summed E-state index contributed by atoms with van der Waals surface area (Å²) in [7, 11) is 0. The van der Waals surface area contributed by atoms with Gasteiger partial charge in [0.2, 0.25) is 5.91 Å². The second kappa shape index (κ2) is 8.16. The maximum atomic E-state index is 12.9. The lowest BCUT2D eigenvalue weighted by atomic mass is 10.1. The quantitative estimate of drug-likeness (QED) is 0.898. The molecule has 142 valence electrons. The van der Waals surface area contributed by atoms with Crippen molar-refractivity contribution in [2.75, 3.05) is 31.5 Å². The molecule has 1 fully saturated rings. The van der Waals surface area contributed by atoms with Gasteiger partial charge in [-0.15, -0.1) is 0 Å². The fourth-order valence-corrected chi connectivity index (χ4v) is 3.22. The van der Waals surface area contributed by atoms with Gasteiger partial charge in [0, 0.05) is 44.9 Å². The average Bonchev–Trinajstić information content (AvgIpc) is 2.67. The molecule has 0 radical (unpaired) electrons. The summed E-state index contributed by atoms with van der Waals surface area (Å²) in [4.78, 5) is 36.6. The SMILES string of the molecule is CCc1ccccc1Nc1cc(C(=O)N2CCN(C(C)=O)CC2)nc(C)n1. The lowest BCUT2D eigenvalue weighted by Crippen LogP contribution is -2.50. The van der Waals surface area contributed by atoms with Crippen LogP contribution in [0.15, 0.2) is 30.3 Å². The number of hydrogen-bond donors (Lipinski definition) is 1. The molecule has 7 heteroatoms. The first-order chi connectivity index (χ1) is 13.0. The predicted molar refractivity (Wildman–Crippen MR) is 104 cm³/mol. The molecule has 0 bridgehead atoms. The van der Waals surface area contributed by atoms with Gasteiger partial charge in [-0.05, 0) is 25.0 Å². The zero-order valence-corrected chi connectivity index (χ0v) is 16.0. The summed E-state index contributed by atoms with van der Waals surface area (Å²) >= 11 is 0. The van der Waals surface area contributed by atoms with E-state index >= 15 is 0 Å². The van der Waals surface area contributed by atoms with Crippen molar-refractivity contribution in [2.24, 2.45) is 0 Å². The van der Waals surface area contributed by atoms with E-state index in [4.69, 9.17) is 0 Å². The van der Waals surface area contributed by atoms with E-state index < -0.39 is 0 Å². The molecule has 27 heavy (non-hydrogen) atoms. The molecule has 0 spiro atoms. The Bertz CT molecular complexity index is 844. The topological polar surface area (TPSA) is 78.4 Å². The van der Waals surface area contributed by atoms with Gasteiger partial charge in [-0.3, -0.25) is 9.59 Å². The maximum absolute atomic E-state index is 12.9. The second-order valence-electron chi connectivity index (χ2n) is 6.62. The molecule has 1 N–H and O–H groups in total. The lowest BCUT2D eigenvalue weighted by Gasteiger charge is -2.34. The van der Waals surface area contributed by atoms with Gasteiger partial charge in [-0.25, -0.2) is 9.97 Å². The van der Waals surface area contributed by atoms with Crippen LogP contribution in [0.3, 0.4) is 0 Å². The monoisotopic (exact) mass is 367 g/mol. The van der Waals surface area contributed by atoms with Crippen molar-refractivity contribution < 1.29 is 9.59 Å². The Kier molecular flexibility index (Phi) is 5.69. The number of nitrogens with one attached hydrogen (secondary N) is 1. The van der Waals surface area contributed by atoms with Crippen LogP contribution in [0.5, 0.6) is 0 Å². The predicted octanol–water partition coefficient (Wildman–Crippen LogP) is 2.40. The Balaban J connectivity index is 1.77. The fraction of sp³-hybridized carbons (Fsp3) is 0.400. The summed E-state index contributed by atoms with van der Waals surface area (Å²) < 4.78 is 0. The molecule has 2 amide bonds. The number of carbonyl (C=O) groups is 2. The first-order valence-corrected chi connectivity index (χ1v) is 9.23. The highest BCUT2D eigenvalue weighted by molar-refractivity contribution is 5.93. The largest absolute Gasteiger partial charge is 0.340 e. The van der Waals surface area contributed by atoms with Crippen molar-refractivity contribution >= 4 is 23.3 Å². The van der Waals surface area contributed by atoms with Gasteiger partial charge in [0.1, 0.15) is 17.3 Å². The molecule has 0 unspecified atom stereocenters. The molecule has 0 aliphatic carbocycles. The number of para-hydroxylation sites is 1. The fourth-order valence-electron chi connectivity index (χ4n) is 3.22. The number of aryl methyl sites for hydroxylation is 2. The van der Waals surface area contributed by atoms with E-state index in [1.165, 1.54) is 5.56 Å². The van der Waals surface area contributed by atoms with Crippen LogP contribution in [-0.2, 0) is 11.2 Å². The first-order valence-electron chi connectivity index (χ1n) is 9.23. The third-order valence-electron chi connectivity index (χ3n) is 4.73. The molecule has 7 nitrogen and oxygen atoms in total. The molecule has 0 saturated carbocycles. The van der Waals surface area contributed by atoms with Crippen molar-refractivity contribution in [1.29, 1.82) is 0 Å². The number of hydrogen-bond acceptors (Lipinski definition) is 5. The van der Waals surface area contributed by atoms with Crippen LogP contribution in [-0.4, -0.2) is 57.8 Å². The second-order valence-corrected chi connectivity index (χ2v) is 6.62. The van der Waals surface area contributed by atoms with Crippen molar-refractivity contribution in [3.8, 4) is 0 Å². The van der Waals surface area contributed by atoms with Crippen LogP contribution in [0.4, 0.5) is 11.5 Å². The van der Waals surface area contributed by atoms with Crippen LogP contribution >= 0.6 is 0 Å². The van der Waals surface area contributed by atoms with Crippen LogP contribution in [0.25, 0.3) is 0 Å². The minimum Gasteiger partial charge on any atom is -0.340 e. The highest BCUT2D eigenvalue weighted by Gasteiger charge is 2.24. The van der Waals surface area contributed by atoms with Crippen LogP contribution in [0, 0.1) is 6.92 Å². The van der Waals surface area contributed by atoms with Crippen molar-refractivity contribution in [3.05, 3.63) is 47.4 Å². The van der Waals surface area contributed by atoms with Crippen molar-refractivity contribution in [1.82, 2.24) is 19.8 Å². The Morgan fingerprint density at radius 2 is 1.74 bits per heavy atom. The van der Waals surface area contributed by atoms with Crippen LogP contribution in [0.2, 0.25) is 0 Å². The highest BCUT2D eigenvalue weighted by Crippen LogP contribution is 2.21. The Morgan fingerprint density at radius 1 is 1.07 bits per heavy atom. The van der Waals surface area contributed by atoms with Crippen molar-refractivity contribution in [2.45, 2.75) is 27.2 Å². The van der Waals surface area contributed by atoms with E-state index in [2.05, 4.69) is 28.3 Å². The number of piperazine rings is 1. The average molecular weight is 367 g/mol. The summed E-state index contributed by atoms with van der Waals surface area (Å²) in [6.07, 6.45) is 0.902. The van der Waals surface area contributed by atoms with Crippen molar-refractivity contribution in [3.63, 3.8) is 0 Å².